The lowest BCUT2D eigenvalue weighted by Gasteiger charge is -2.73. The van der Waals surface area contributed by atoms with E-state index in [9.17, 15) is 39.3 Å². The molecule has 7 rings (SSSR count). The van der Waals surface area contributed by atoms with Gasteiger partial charge in [0.1, 0.15) is 37.1 Å². The van der Waals surface area contributed by atoms with E-state index in [1.165, 1.54) is 12.5 Å². The van der Waals surface area contributed by atoms with Crippen molar-refractivity contribution in [2.75, 3.05) is 19.8 Å². The average Bonchev–Trinajstić information content (AvgIpc) is 3.74. The van der Waals surface area contributed by atoms with Gasteiger partial charge in [-0.3, -0.25) is 38.4 Å². The molecule has 23 nitrogen and oxygen atoms in total. The molecule has 20 atom stereocenters. The Kier molecular flexibility index (Phi) is 23.5. The Balaban J connectivity index is 0.00000107. The van der Waals surface area contributed by atoms with Crippen molar-refractivity contribution in [3.63, 3.8) is 0 Å². The monoisotopic (exact) mass is 1160 g/mol. The molecule has 2 heterocycles. The second kappa shape index (κ2) is 27.7. The van der Waals surface area contributed by atoms with Gasteiger partial charge in [0.05, 0.1) is 19.3 Å². The third-order valence-electron chi connectivity index (χ3n) is 19.1. The van der Waals surface area contributed by atoms with Crippen molar-refractivity contribution < 1.29 is 112 Å². The number of rotatable bonds is 13. The minimum Gasteiger partial charge on any atom is -0.481 e. The van der Waals surface area contributed by atoms with E-state index in [0.717, 1.165) is 106 Å². The highest BCUT2D eigenvalue weighted by Gasteiger charge is 2.71. The third kappa shape index (κ3) is 15.5. The molecular formula is C58H92O23. The first-order valence-corrected chi connectivity index (χ1v) is 28.1. The number of carbonyl (C=O) groups is 8. The van der Waals surface area contributed by atoms with E-state index in [4.69, 9.17) is 72.3 Å². The van der Waals surface area contributed by atoms with Gasteiger partial charge < -0.3 is 73.3 Å². The van der Waals surface area contributed by atoms with E-state index in [-0.39, 0.29) is 33.5 Å². The first-order chi connectivity index (χ1) is 37.4. The highest BCUT2D eigenvalue weighted by Crippen LogP contribution is 2.77. The molecule has 0 bridgehead atoms. The first kappa shape index (κ1) is 68.7. The van der Waals surface area contributed by atoms with Crippen molar-refractivity contribution in [1.29, 1.82) is 0 Å². The minimum absolute atomic E-state index is 0.0257. The number of carbonyl (C=O) groups excluding carboxylic acids is 5. The number of aliphatic carboxylic acids is 3. The molecule has 0 radical (unpaired) electrons. The van der Waals surface area contributed by atoms with Crippen LogP contribution in [-0.2, 0) is 81.0 Å². The fourth-order valence-electron chi connectivity index (χ4n) is 16.0. The summed E-state index contributed by atoms with van der Waals surface area (Å²) in [5, 5.41) is 56.5. The lowest BCUT2D eigenvalue weighted by atomic mass is 9.32. The Morgan fingerprint density at radius 3 is 1.60 bits per heavy atom. The van der Waals surface area contributed by atoms with Crippen molar-refractivity contribution >= 4 is 47.8 Å². The van der Waals surface area contributed by atoms with E-state index in [2.05, 4.69) is 48.1 Å². The lowest BCUT2D eigenvalue weighted by molar-refractivity contribution is -0.365. The summed E-state index contributed by atoms with van der Waals surface area (Å²) in [4.78, 5) is 88.4. The van der Waals surface area contributed by atoms with E-state index in [1.807, 2.05) is 0 Å². The summed E-state index contributed by atoms with van der Waals surface area (Å²) >= 11 is 0. The predicted molar refractivity (Wildman–Crippen MR) is 285 cm³/mol. The fraction of sp³-hybridized carbons (Fsp3) is 0.828. The number of carboxylic acid groups (broad SMARTS) is 3. The summed E-state index contributed by atoms with van der Waals surface area (Å²) in [6.07, 6.45) is -5.56. The molecule has 0 spiro atoms. The van der Waals surface area contributed by atoms with E-state index >= 15 is 0 Å². The zero-order valence-corrected chi connectivity index (χ0v) is 49.8. The van der Waals surface area contributed by atoms with Crippen LogP contribution in [0.4, 0.5) is 0 Å². The molecule has 81 heavy (non-hydrogen) atoms. The van der Waals surface area contributed by atoms with Gasteiger partial charge in [0.25, 0.3) is 17.9 Å². The molecule has 2 saturated heterocycles. The largest absolute Gasteiger partial charge is 0.481 e. The predicted octanol–water partition coefficient (Wildman–Crippen LogP) is 5.77. The molecular weight excluding hydrogens is 1060 g/mol. The zero-order valence-electron chi connectivity index (χ0n) is 49.8. The molecule has 0 aromatic carbocycles. The maximum Gasteiger partial charge on any atom is 0.303 e. The summed E-state index contributed by atoms with van der Waals surface area (Å²) in [5.41, 5.74) is 0.874. The number of aliphatic hydroxyl groups is 3. The van der Waals surface area contributed by atoms with Crippen molar-refractivity contribution in [1.82, 2.24) is 0 Å². The summed E-state index contributed by atoms with van der Waals surface area (Å²) in [6.45, 7) is 27.2. The van der Waals surface area contributed by atoms with Gasteiger partial charge in [-0.25, -0.2) is 0 Å². The standard InChI is InChI=1S/C52H80O17.3C2H4O2/c1-26(2)32-15-20-52(25-62-28(4)55)22-21-50(11)33(39(32)52)13-14-37-49(10)18-17-38(48(8,9)36(49)16-19-51(37,50)12)68-43-40(59)41(34(23-53)66-46(43)60)69-47-45(65-31(7)58)44(64-30(6)57)42(63-29(5)56)35(67-47)24-61-27(3)54;3*1-2(3)4/h32-47,53,59-60H,1,13-25H2,2-12H3;3*1H3,(H,3,4)/t32-,33+,34+,35+,36-,37+,38?,39+,40-,41+,42+,43+,44-,45+,46+,47+,49-,50+,51+,52+;;;/m0.../s1. The van der Waals surface area contributed by atoms with Crippen LogP contribution in [0.1, 0.15) is 161 Å². The van der Waals surface area contributed by atoms with Gasteiger partial charge in [-0.15, -0.1) is 0 Å². The Bertz CT molecular complexity index is 2230. The normalized spacial score (nSPS) is 39.7. The van der Waals surface area contributed by atoms with E-state index < -0.39 is 128 Å². The molecule has 5 saturated carbocycles. The van der Waals surface area contributed by atoms with Crippen LogP contribution < -0.4 is 0 Å². The highest BCUT2D eigenvalue weighted by atomic mass is 16.8. The summed E-state index contributed by atoms with van der Waals surface area (Å²) in [7, 11) is 0. The highest BCUT2D eigenvalue weighted by molar-refractivity contribution is 5.69. The Labute approximate surface area is 475 Å². The van der Waals surface area contributed by atoms with Crippen molar-refractivity contribution in [3.05, 3.63) is 12.2 Å². The summed E-state index contributed by atoms with van der Waals surface area (Å²) in [5.74, 6) is -3.91. The maximum absolute atomic E-state index is 12.6. The number of ether oxygens (including phenoxy) is 9. The molecule has 462 valence electrons. The topological polar surface area (TPSA) is 341 Å². The van der Waals surface area contributed by atoms with E-state index in [0.29, 0.717) is 36.7 Å². The molecule has 7 aliphatic rings. The van der Waals surface area contributed by atoms with Gasteiger partial charge in [0, 0.05) is 60.8 Å². The van der Waals surface area contributed by atoms with Crippen LogP contribution in [0.2, 0.25) is 0 Å². The minimum atomic E-state index is -1.69. The van der Waals surface area contributed by atoms with Gasteiger partial charge in [0.15, 0.2) is 30.9 Å². The second-order valence-electron chi connectivity index (χ2n) is 24.7. The first-order valence-electron chi connectivity index (χ1n) is 28.1. The molecule has 5 aliphatic carbocycles. The van der Waals surface area contributed by atoms with Crippen LogP contribution in [0, 0.1) is 56.7 Å². The quantitative estimate of drug-likeness (QED) is 0.0724. The van der Waals surface area contributed by atoms with Crippen molar-refractivity contribution in [2.45, 2.75) is 229 Å². The summed E-state index contributed by atoms with van der Waals surface area (Å²) < 4.78 is 53.0. The average molecular weight is 1160 g/mol. The number of esters is 5. The molecule has 6 N–H and O–H groups in total. The molecule has 0 aromatic rings. The van der Waals surface area contributed by atoms with Crippen LogP contribution in [0.5, 0.6) is 0 Å². The van der Waals surface area contributed by atoms with Gasteiger partial charge in [-0.2, -0.15) is 0 Å². The molecule has 7 fully saturated rings. The molecule has 23 heteroatoms. The number of hydrogen-bond acceptors (Lipinski definition) is 20. The van der Waals surface area contributed by atoms with Gasteiger partial charge in [-0.1, -0.05) is 46.8 Å². The van der Waals surface area contributed by atoms with E-state index in [1.54, 1.807) is 0 Å². The molecule has 2 aliphatic heterocycles. The van der Waals surface area contributed by atoms with Crippen molar-refractivity contribution in [3.8, 4) is 0 Å². The number of carboxylic acids is 3. The van der Waals surface area contributed by atoms with Gasteiger partial charge >= 0.3 is 29.8 Å². The van der Waals surface area contributed by atoms with Crippen LogP contribution >= 0.6 is 0 Å². The van der Waals surface area contributed by atoms with Crippen LogP contribution in [0.25, 0.3) is 0 Å². The van der Waals surface area contributed by atoms with Crippen molar-refractivity contribution in [2.24, 2.45) is 56.7 Å². The van der Waals surface area contributed by atoms with Gasteiger partial charge in [-0.05, 0) is 122 Å². The zero-order chi connectivity index (χ0) is 61.5. The molecule has 0 amide bonds. The number of fused-ring (bicyclic) bond motifs is 7. The Morgan fingerprint density at radius 2 is 1.09 bits per heavy atom. The SMILES string of the molecule is C=C(C)[C@@H]1CC[C@]2(COC(C)=O)CC[C@]3(C)[C@H](CC[C@@H]4[C@@]5(C)CCC(O[C@@H]6[C@@H](O)[C@H](O[C@H]7O[C@H](COC(C)=O)[C@@H](OC(C)=O)[C@H](OC(C)=O)[C@H]7OC(C)=O)[C@@H](CO)O[C@H]6O)C(C)(C)[C@@H]5CC[C@]43C)[C@@H]12.CC(=O)O.CC(=O)O.CC(=O)O. The van der Waals surface area contributed by atoms with Crippen LogP contribution in [0.3, 0.4) is 0 Å². The maximum atomic E-state index is 12.6. The Morgan fingerprint density at radius 1 is 0.543 bits per heavy atom. The smallest absolute Gasteiger partial charge is 0.303 e. The lowest BCUT2D eigenvalue weighted by Crippen LogP contribution is -2.68. The van der Waals surface area contributed by atoms with Crippen LogP contribution in [-0.4, -0.2) is 166 Å². The fourth-order valence-corrected chi connectivity index (χ4v) is 16.0. The Hall–Kier alpha value is -4.78. The number of hydrogen-bond donors (Lipinski definition) is 6. The third-order valence-corrected chi connectivity index (χ3v) is 19.1. The second-order valence-corrected chi connectivity index (χ2v) is 24.7. The number of aliphatic hydroxyl groups excluding tert-OH is 3. The van der Waals surface area contributed by atoms with Gasteiger partial charge in [0.2, 0.25) is 0 Å². The molecule has 1 unspecified atom stereocenters. The molecule has 0 aromatic heterocycles. The van der Waals surface area contributed by atoms with Crippen LogP contribution in [0.15, 0.2) is 12.2 Å². The summed E-state index contributed by atoms with van der Waals surface area (Å²) in [6, 6.07) is 0. The number of allylic oxidation sites excluding steroid dienone is 1.